The molecular weight excluding hydrogens is 584 g/mol. The second-order valence-corrected chi connectivity index (χ2v) is 11.7. The van der Waals surface area contributed by atoms with Crippen LogP contribution < -0.4 is 10.1 Å². The van der Waals surface area contributed by atoms with E-state index in [4.69, 9.17) is 14.8 Å². The standard InChI is InChI=1S/C33H27F2N5O3S/c1-4-27(41)39-10-11-40-25(17(39)2)16-24(38-40)31-29(28-23(35)14-20(34)15-26(28)43-3)32-22(8-12-44-32)30(37-31)19-5-6-21-18(13-19)7-9-36-33(21)42/h4-6,8,12-17H,1,7,9-11H2,2-3H3,(H,36,42)/t17-/m1/s1. The smallest absolute Gasteiger partial charge is 0.251 e. The maximum Gasteiger partial charge on any atom is 0.251 e. The molecule has 2 amide bonds. The summed E-state index contributed by atoms with van der Waals surface area (Å²) in [5.74, 6) is -1.79. The first-order valence-corrected chi connectivity index (χ1v) is 15.0. The van der Waals surface area contributed by atoms with Crippen molar-refractivity contribution in [3.8, 4) is 39.5 Å². The van der Waals surface area contributed by atoms with Crippen molar-refractivity contribution in [2.24, 2.45) is 0 Å². The molecule has 11 heteroatoms. The fourth-order valence-corrected chi connectivity index (χ4v) is 7.18. The molecule has 2 aliphatic rings. The second kappa shape index (κ2) is 10.7. The Hall–Kier alpha value is -4.90. The zero-order valence-electron chi connectivity index (χ0n) is 24.0. The van der Waals surface area contributed by atoms with Crippen LogP contribution in [0.4, 0.5) is 8.78 Å². The molecule has 3 aromatic heterocycles. The zero-order chi connectivity index (χ0) is 30.7. The summed E-state index contributed by atoms with van der Waals surface area (Å²) >= 11 is 1.41. The number of hydrogen-bond donors (Lipinski definition) is 1. The third-order valence-corrected chi connectivity index (χ3v) is 9.29. The fourth-order valence-electron chi connectivity index (χ4n) is 6.23. The van der Waals surface area contributed by atoms with E-state index < -0.39 is 11.6 Å². The number of nitrogens with zero attached hydrogens (tertiary/aromatic N) is 4. The van der Waals surface area contributed by atoms with Gasteiger partial charge in [0, 0.05) is 52.0 Å². The molecule has 0 unspecified atom stereocenters. The number of carbonyl (C=O) groups is 2. The molecule has 7 rings (SSSR count). The van der Waals surface area contributed by atoms with E-state index in [1.165, 1.54) is 24.5 Å². The Morgan fingerprint density at radius 3 is 2.77 bits per heavy atom. The molecule has 1 N–H and O–H groups in total. The van der Waals surface area contributed by atoms with Gasteiger partial charge in [-0.15, -0.1) is 11.3 Å². The van der Waals surface area contributed by atoms with E-state index in [9.17, 15) is 14.0 Å². The summed E-state index contributed by atoms with van der Waals surface area (Å²) in [4.78, 5) is 31.8. The van der Waals surface area contributed by atoms with E-state index in [1.807, 2.05) is 41.3 Å². The Kier molecular flexibility index (Phi) is 6.77. The van der Waals surface area contributed by atoms with Gasteiger partial charge in [0.1, 0.15) is 28.8 Å². The molecule has 0 saturated heterocycles. The van der Waals surface area contributed by atoms with Gasteiger partial charge in [0.25, 0.3) is 5.91 Å². The van der Waals surface area contributed by atoms with Gasteiger partial charge in [-0.3, -0.25) is 14.3 Å². The average molecular weight is 612 g/mol. The lowest BCUT2D eigenvalue weighted by Crippen LogP contribution is -2.40. The molecule has 1 atom stereocenters. The van der Waals surface area contributed by atoms with Gasteiger partial charge >= 0.3 is 0 Å². The van der Waals surface area contributed by atoms with E-state index in [2.05, 4.69) is 11.9 Å². The van der Waals surface area contributed by atoms with Crippen LogP contribution in [0.2, 0.25) is 0 Å². The number of thiophene rings is 1. The van der Waals surface area contributed by atoms with E-state index >= 15 is 4.39 Å². The fraction of sp³-hybridized carbons (Fsp3) is 0.212. The van der Waals surface area contributed by atoms with Gasteiger partial charge in [-0.1, -0.05) is 12.6 Å². The Bertz CT molecular complexity index is 2020. The molecule has 5 aromatic rings. The molecular formula is C33H27F2N5O3S. The molecule has 0 bridgehead atoms. The van der Waals surface area contributed by atoms with Crippen molar-refractivity contribution >= 4 is 33.2 Å². The van der Waals surface area contributed by atoms with E-state index in [0.29, 0.717) is 54.3 Å². The third-order valence-electron chi connectivity index (χ3n) is 8.36. The zero-order valence-corrected chi connectivity index (χ0v) is 24.8. The lowest BCUT2D eigenvalue weighted by molar-refractivity contribution is -0.129. The highest BCUT2D eigenvalue weighted by Gasteiger charge is 2.31. The van der Waals surface area contributed by atoms with Crippen molar-refractivity contribution in [1.82, 2.24) is 25.0 Å². The van der Waals surface area contributed by atoms with Crippen LogP contribution in [0, 0.1) is 11.6 Å². The highest BCUT2D eigenvalue weighted by atomic mass is 32.1. The van der Waals surface area contributed by atoms with Gasteiger partial charge in [-0.2, -0.15) is 5.10 Å². The lowest BCUT2D eigenvalue weighted by atomic mass is 9.93. The van der Waals surface area contributed by atoms with Gasteiger partial charge in [-0.25, -0.2) is 13.8 Å². The van der Waals surface area contributed by atoms with Crippen LogP contribution in [0.1, 0.15) is 34.6 Å². The summed E-state index contributed by atoms with van der Waals surface area (Å²) in [6.07, 6.45) is 1.99. The van der Waals surface area contributed by atoms with Crippen molar-refractivity contribution in [2.75, 3.05) is 20.2 Å². The number of rotatable bonds is 5. The van der Waals surface area contributed by atoms with E-state index in [1.54, 1.807) is 11.0 Å². The van der Waals surface area contributed by atoms with Crippen LogP contribution in [0.15, 0.2) is 60.5 Å². The van der Waals surface area contributed by atoms with Crippen LogP contribution in [0.5, 0.6) is 5.75 Å². The molecule has 0 aliphatic carbocycles. The van der Waals surface area contributed by atoms with Crippen LogP contribution in [0.25, 0.3) is 43.9 Å². The number of aromatic nitrogens is 3. The second-order valence-electron chi connectivity index (χ2n) is 10.8. The molecule has 8 nitrogen and oxygen atoms in total. The van der Waals surface area contributed by atoms with Crippen molar-refractivity contribution in [3.63, 3.8) is 0 Å². The number of halogens is 2. The van der Waals surface area contributed by atoms with Gasteiger partial charge in [0.15, 0.2) is 0 Å². The number of amides is 2. The molecule has 0 fully saturated rings. The summed E-state index contributed by atoms with van der Waals surface area (Å²) in [6.45, 7) is 7.02. The van der Waals surface area contributed by atoms with Crippen LogP contribution >= 0.6 is 11.3 Å². The Labute approximate surface area is 255 Å². The molecule has 222 valence electrons. The molecule has 0 spiro atoms. The number of nitrogens with one attached hydrogen (secondary N) is 1. The first-order chi connectivity index (χ1) is 21.3. The van der Waals surface area contributed by atoms with Crippen molar-refractivity contribution in [1.29, 1.82) is 0 Å². The molecule has 2 aromatic carbocycles. The summed E-state index contributed by atoms with van der Waals surface area (Å²) in [7, 11) is 1.37. The predicted octanol–water partition coefficient (Wildman–Crippen LogP) is 6.16. The van der Waals surface area contributed by atoms with Gasteiger partial charge < -0.3 is 15.0 Å². The van der Waals surface area contributed by atoms with Crippen molar-refractivity contribution < 1.29 is 23.1 Å². The number of fused-ring (bicyclic) bond motifs is 3. The average Bonchev–Trinajstić information content (AvgIpc) is 3.68. The minimum absolute atomic E-state index is 0.0351. The number of benzene rings is 2. The SMILES string of the molecule is C=CC(=O)N1CCn2nc(-c3nc(-c4ccc5c(c4)CCNC5=O)c4ccsc4c3-c3c(F)cc(F)cc3OC)cc2[C@H]1C. The monoisotopic (exact) mass is 611 g/mol. The number of hydrogen-bond acceptors (Lipinski definition) is 6. The van der Waals surface area contributed by atoms with Crippen LogP contribution in [-0.4, -0.2) is 51.7 Å². The Morgan fingerprint density at radius 2 is 1.98 bits per heavy atom. The molecule has 0 radical (unpaired) electrons. The minimum atomic E-state index is -0.785. The molecule has 44 heavy (non-hydrogen) atoms. The van der Waals surface area contributed by atoms with Gasteiger partial charge in [0.2, 0.25) is 5.91 Å². The molecule has 0 saturated carbocycles. The molecule has 2 aliphatic heterocycles. The quantitative estimate of drug-likeness (QED) is 0.241. The highest BCUT2D eigenvalue weighted by molar-refractivity contribution is 7.18. The van der Waals surface area contributed by atoms with Crippen LogP contribution in [-0.2, 0) is 17.8 Å². The highest BCUT2D eigenvalue weighted by Crippen LogP contribution is 2.47. The third kappa shape index (κ3) is 4.38. The number of ether oxygens (including phenoxy) is 1. The number of pyridine rings is 1. The lowest BCUT2D eigenvalue weighted by Gasteiger charge is -2.33. The summed E-state index contributed by atoms with van der Waals surface area (Å²) in [5.41, 5.74) is 5.21. The Balaban J connectivity index is 1.50. The summed E-state index contributed by atoms with van der Waals surface area (Å²) in [6, 6.07) is 11.2. The first kappa shape index (κ1) is 27.9. The Morgan fingerprint density at radius 1 is 1.14 bits per heavy atom. The summed E-state index contributed by atoms with van der Waals surface area (Å²) in [5, 5.41) is 10.4. The van der Waals surface area contributed by atoms with Crippen molar-refractivity contribution in [3.05, 3.63) is 89.0 Å². The number of methoxy groups -OCH3 is 1. The predicted molar refractivity (Wildman–Crippen MR) is 165 cm³/mol. The summed E-state index contributed by atoms with van der Waals surface area (Å²) < 4.78 is 38.2. The van der Waals surface area contributed by atoms with Crippen LogP contribution in [0.3, 0.4) is 0 Å². The minimum Gasteiger partial charge on any atom is -0.496 e. The largest absolute Gasteiger partial charge is 0.496 e. The topological polar surface area (TPSA) is 89.4 Å². The number of carbonyl (C=O) groups excluding carboxylic acids is 2. The first-order valence-electron chi connectivity index (χ1n) is 14.2. The van der Waals surface area contributed by atoms with E-state index in [-0.39, 0.29) is 29.2 Å². The van der Waals surface area contributed by atoms with E-state index in [0.717, 1.165) is 39.0 Å². The maximum atomic E-state index is 15.8. The molecule has 5 heterocycles. The maximum absolute atomic E-state index is 15.8. The normalized spacial score (nSPS) is 16.0. The van der Waals surface area contributed by atoms with Crippen molar-refractivity contribution in [2.45, 2.75) is 25.9 Å². The van der Waals surface area contributed by atoms with Gasteiger partial charge in [-0.05, 0) is 54.6 Å². The van der Waals surface area contributed by atoms with Gasteiger partial charge in [0.05, 0.1) is 36.6 Å².